The largest absolute Gasteiger partial charge is 0.263 e. The number of nitrogens with zero attached hydrogens (tertiary/aromatic N) is 2. The molecule has 0 N–H and O–H groups in total. The second kappa shape index (κ2) is 5.78. The van der Waals surface area contributed by atoms with Crippen LogP contribution in [0.2, 0.25) is 0 Å². The van der Waals surface area contributed by atoms with Gasteiger partial charge >= 0.3 is 0 Å². The number of aromatic nitrogens is 1. The number of benzene rings is 1. The highest BCUT2D eigenvalue weighted by Gasteiger charge is 2.42. The summed E-state index contributed by atoms with van der Waals surface area (Å²) >= 11 is 0. The zero-order valence-corrected chi connectivity index (χ0v) is 13.0. The molecule has 0 unspecified atom stereocenters. The van der Waals surface area contributed by atoms with E-state index in [0.717, 1.165) is 12.8 Å². The van der Waals surface area contributed by atoms with Gasteiger partial charge in [0.25, 0.3) is 0 Å². The van der Waals surface area contributed by atoms with Gasteiger partial charge in [-0.15, -0.1) is 0 Å². The summed E-state index contributed by atoms with van der Waals surface area (Å²) in [5.74, 6) is -0.387. The number of hydrogen-bond acceptors (Lipinski definition) is 3. The fourth-order valence-corrected chi connectivity index (χ4v) is 4.44. The van der Waals surface area contributed by atoms with E-state index in [9.17, 15) is 12.8 Å². The number of rotatable bonds is 5. The van der Waals surface area contributed by atoms with E-state index in [-0.39, 0.29) is 16.8 Å². The molecule has 2 aromatic rings. The normalized spacial score (nSPS) is 16.7. The van der Waals surface area contributed by atoms with E-state index in [1.165, 1.54) is 28.8 Å². The predicted octanol–water partition coefficient (Wildman–Crippen LogP) is 3.14. The van der Waals surface area contributed by atoms with Crippen molar-refractivity contribution in [2.75, 3.05) is 0 Å². The summed E-state index contributed by atoms with van der Waals surface area (Å²) in [6.07, 6.45) is 4.47. The summed E-state index contributed by atoms with van der Waals surface area (Å²) in [6, 6.07) is 8.79. The molecule has 1 fully saturated rings. The first-order valence-electron chi connectivity index (χ1n) is 7.20. The van der Waals surface area contributed by atoms with E-state index in [4.69, 9.17) is 0 Å². The van der Waals surface area contributed by atoms with Crippen LogP contribution in [0.3, 0.4) is 0 Å². The van der Waals surface area contributed by atoms with Crippen LogP contribution in [0.4, 0.5) is 4.39 Å². The van der Waals surface area contributed by atoms with Crippen molar-refractivity contribution in [3.8, 4) is 0 Å². The lowest BCUT2D eigenvalue weighted by Crippen LogP contribution is -2.36. The molecule has 1 aliphatic rings. The lowest BCUT2D eigenvalue weighted by Gasteiger charge is -2.28. The van der Waals surface area contributed by atoms with Crippen molar-refractivity contribution < 1.29 is 12.8 Å². The average molecular weight is 320 g/mol. The second-order valence-corrected chi connectivity index (χ2v) is 7.30. The van der Waals surface area contributed by atoms with Crippen LogP contribution >= 0.6 is 0 Å². The highest BCUT2D eigenvalue weighted by molar-refractivity contribution is 7.89. The molecule has 1 aromatic carbocycles. The van der Waals surface area contributed by atoms with Crippen molar-refractivity contribution in [3.63, 3.8) is 0 Å². The smallest absolute Gasteiger partial charge is 0.245 e. The predicted molar refractivity (Wildman–Crippen MR) is 81.1 cm³/mol. The Hall–Kier alpha value is -1.79. The Kier molecular flexibility index (Phi) is 3.97. The molecular formula is C16H17FN2O2S. The van der Waals surface area contributed by atoms with Crippen LogP contribution < -0.4 is 0 Å². The summed E-state index contributed by atoms with van der Waals surface area (Å²) in [6.45, 7) is 1.73. The zero-order chi connectivity index (χ0) is 15.7. The van der Waals surface area contributed by atoms with Gasteiger partial charge in [0.15, 0.2) is 0 Å². The molecular weight excluding hydrogens is 303 g/mol. The molecule has 1 saturated carbocycles. The molecule has 1 heterocycles. The number of halogens is 1. The average Bonchev–Trinajstić information content (AvgIpc) is 3.33. The van der Waals surface area contributed by atoms with Gasteiger partial charge in [0, 0.05) is 24.0 Å². The van der Waals surface area contributed by atoms with Crippen LogP contribution in [0, 0.1) is 5.82 Å². The molecule has 22 heavy (non-hydrogen) atoms. The van der Waals surface area contributed by atoms with Crippen LogP contribution in [-0.2, 0) is 10.0 Å². The molecule has 1 aliphatic carbocycles. The van der Waals surface area contributed by atoms with Gasteiger partial charge in [-0.1, -0.05) is 18.2 Å². The summed E-state index contributed by atoms with van der Waals surface area (Å²) in [5, 5.41) is 0. The van der Waals surface area contributed by atoms with Gasteiger partial charge in [-0.05, 0) is 38.0 Å². The summed E-state index contributed by atoms with van der Waals surface area (Å²) in [7, 11) is -3.70. The van der Waals surface area contributed by atoms with Gasteiger partial charge in [-0.2, -0.15) is 4.31 Å². The third-order valence-corrected chi connectivity index (χ3v) is 5.86. The first-order chi connectivity index (χ1) is 10.5. The SMILES string of the molecule is C[C@H](c1ccccc1F)N(C1CC1)S(=O)(=O)c1cccnc1. The van der Waals surface area contributed by atoms with Crippen molar-refractivity contribution in [2.24, 2.45) is 0 Å². The van der Waals surface area contributed by atoms with Crippen LogP contribution in [0.5, 0.6) is 0 Å². The van der Waals surface area contributed by atoms with Gasteiger partial charge in [0.2, 0.25) is 10.0 Å². The molecule has 0 bridgehead atoms. The first-order valence-corrected chi connectivity index (χ1v) is 8.64. The van der Waals surface area contributed by atoms with E-state index in [2.05, 4.69) is 4.98 Å². The lowest BCUT2D eigenvalue weighted by molar-refractivity contribution is 0.327. The Labute approximate surface area is 129 Å². The van der Waals surface area contributed by atoms with Crippen molar-refractivity contribution >= 4 is 10.0 Å². The lowest BCUT2D eigenvalue weighted by atomic mass is 10.1. The Morgan fingerprint density at radius 3 is 2.55 bits per heavy atom. The maximum absolute atomic E-state index is 14.0. The van der Waals surface area contributed by atoms with Crippen LogP contribution in [0.25, 0.3) is 0 Å². The first kappa shape index (κ1) is 15.1. The molecule has 0 aliphatic heterocycles. The van der Waals surface area contributed by atoms with Crippen LogP contribution in [0.15, 0.2) is 53.7 Å². The Bertz CT molecular complexity index is 761. The third-order valence-electron chi connectivity index (χ3n) is 3.85. The van der Waals surface area contributed by atoms with Crippen LogP contribution in [-0.4, -0.2) is 23.7 Å². The van der Waals surface area contributed by atoms with E-state index in [1.54, 1.807) is 31.2 Å². The Morgan fingerprint density at radius 1 is 1.23 bits per heavy atom. The van der Waals surface area contributed by atoms with Crippen LogP contribution in [0.1, 0.15) is 31.4 Å². The minimum atomic E-state index is -3.70. The van der Waals surface area contributed by atoms with E-state index < -0.39 is 16.1 Å². The highest BCUT2D eigenvalue weighted by atomic mass is 32.2. The number of hydrogen-bond donors (Lipinski definition) is 0. The standard InChI is InChI=1S/C16H17FN2O2S/c1-12(15-6-2-3-7-16(15)17)19(13-8-9-13)22(20,21)14-5-4-10-18-11-14/h2-7,10-13H,8-9H2,1H3/t12-/m1/s1. The quantitative estimate of drug-likeness (QED) is 0.850. The van der Waals surface area contributed by atoms with Gasteiger partial charge in [-0.25, -0.2) is 12.8 Å². The van der Waals surface area contributed by atoms with Gasteiger partial charge < -0.3 is 0 Å². The van der Waals surface area contributed by atoms with Crippen molar-refractivity contribution in [1.82, 2.24) is 9.29 Å². The van der Waals surface area contributed by atoms with Gasteiger partial charge in [-0.3, -0.25) is 4.98 Å². The van der Waals surface area contributed by atoms with Crippen molar-refractivity contribution in [1.29, 1.82) is 0 Å². The van der Waals surface area contributed by atoms with Crippen molar-refractivity contribution in [2.45, 2.75) is 36.7 Å². The topological polar surface area (TPSA) is 50.3 Å². The van der Waals surface area contributed by atoms with E-state index in [0.29, 0.717) is 5.56 Å². The molecule has 0 spiro atoms. The highest BCUT2D eigenvalue weighted by Crippen LogP contribution is 2.39. The maximum atomic E-state index is 14.0. The second-order valence-electron chi connectivity index (χ2n) is 5.45. The number of sulfonamides is 1. The molecule has 1 atom stereocenters. The van der Waals surface area contributed by atoms with Crippen molar-refractivity contribution in [3.05, 3.63) is 60.2 Å². The van der Waals surface area contributed by atoms with Gasteiger partial charge in [0.05, 0.1) is 6.04 Å². The summed E-state index contributed by atoms with van der Waals surface area (Å²) in [4.78, 5) is 4.03. The molecule has 0 saturated heterocycles. The Morgan fingerprint density at radius 2 is 1.95 bits per heavy atom. The zero-order valence-electron chi connectivity index (χ0n) is 12.2. The molecule has 4 nitrogen and oxygen atoms in total. The molecule has 116 valence electrons. The molecule has 1 aromatic heterocycles. The molecule has 6 heteroatoms. The maximum Gasteiger partial charge on any atom is 0.245 e. The Balaban J connectivity index is 2.02. The van der Waals surface area contributed by atoms with E-state index >= 15 is 0 Å². The fourth-order valence-electron chi connectivity index (χ4n) is 2.62. The third kappa shape index (κ3) is 2.76. The summed E-state index contributed by atoms with van der Waals surface area (Å²) in [5.41, 5.74) is 0.391. The minimum Gasteiger partial charge on any atom is -0.263 e. The molecule has 3 rings (SSSR count). The monoisotopic (exact) mass is 320 g/mol. The minimum absolute atomic E-state index is 0.0696. The summed E-state index contributed by atoms with van der Waals surface area (Å²) < 4.78 is 41.3. The molecule has 0 amide bonds. The van der Waals surface area contributed by atoms with Gasteiger partial charge in [0.1, 0.15) is 10.7 Å². The fraction of sp³-hybridized carbons (Fsp3) is 0.312. The molecule has 0 radical (unpaired) electrons. The van der Waals surface area contributed by atoms with E-state index in [1.807, 2.05) is 0 Å². The number of pyridine rings is 1.